The maximum absolute atomic E-state index is 13.8. The zero-order valence-electron chi connectivity index (χ0n) is 21.0. The van der Waals surface area contributed by atoms with Gasteiger partial charge in [0.15, 0.2) is 16.9 Å². The summed E-state index contributed by atoms with van der Waals surface area (Å²) >= 11 is 6.29. The first-order valence-corrected chi connectivity index (χ1v) is 12.8. The molecule has 0 fully saturated rings. The highest BCUT2D eigenvalue weighted by Crippen LogP contribution is 2.43. The molecule has 0 saturated heterocycles. The second-order valence-corrected chi connectivity index (χ2v) is 9.83. The lowest BCUT2D eigenvalue weighted by atomic mass is 9.97. The van der Waals surface area contributed by atoms with E-state index in [1.165, 1.54) is 0 Å². The van der Waals surface area contributed by atoms with Gasteiger partial charge in [-0.15, -0.1) is 0 Å². The minimum Gasteiger partial charge on any atom is -0.490 e. The molecular formula is C30H28ClNO5. The fourth-order valence-electron chi connectivity index (χ4n) is 4.61. The fraction of sp³-hybridized carbons (Fsp3) is 0.267. The van der Waals surface area contributed by atoms with Gasteiger partial charge in [0.1, 0.15) is 5.58 Å². The molecule has 2 heterocycles. The van der Waals surface area contributed by atoms with E-state index in [0.29, 0.717) is 63.4 Å². The normalized spacial score (nSPS) is 14.9. The van der Waals surface area contributed by atoms with E-state index in [1.54, 1.807) is 53.4 Å². The molecular weight excluding hydrogens is 490 g/mol. The average molecular weight is 518 g/mol. The molecule has 190 valence electrons. The number of nitrogens with zero attached hydrogens (tertiary/aromatic N) is 1. The number of fused-ring (bicyclic) bond motifs is 2. The number of carbonyl (C=O) groups excluding carboxylic acids is 1. The van der Waals surface area contributed by atoms with E-state index in [1.807, 2.05) is 25.1 Å². The molecule has 0 aliphatic carbocycles. The molecule has 0 saturated carbocycles. The standard InChI is InChI=1S/C30H28ClNO5/c1-4-35-25-16-19(12-13-24(25)36-15-14-18(2)3)27-26-28(33)22-10-5-6-11-23(22)37-29(26)30(34)32(27)21-9-7-8-20(31)17-21/h5-13,16-18,27H,4,14-15H2,1-3H3. The quantitative estimate of drug-likeness (QED) is 0.251. The molecule has 5 rings (SSSR count). The van der Waals surface area contributed by atoms with Crippen molar-refractivity contribution >= 4 is 34.2 Å². The number of rotatable bonds is 8. The van der Waals surface area contributed by atoms with Crippen molar-refractivity contribution in [2.24, 2.45) is 5.92 Å². The first-order valence-electron chi connectivity index (χ1n) is 12.4. The molecule has 1 amide bonds. The number of anilines is 1. The van der Waals surface area contributed by atoms with Crippen LogP contribution in [0.2, 0.25) is 5.02 Å². The molecule has 37 heavy (non-hydrogen) atoms. The van der Waals surface area contributed by atoms with E-state index in [2.05, 4.69) is 13.8 Å². The smallest absolute Gasteiger partial charge is 0.295 e. The first kappa shape index (κ1) is 24.9. The zero-order chi connectivity index (χ0) is 26.1. The number of ether oxygens (including phenoxy) is 2. The summed E-state index contributed by atoms with van der Waals surface area (Å²) < 4.78 is 18.0. The number of para-hydroxylation sites is 1. The average Bonchev–Trinajstić information content (AvgIpc) is 3.17. The van der Waals surface area contributed by atoms with Gasteiger partial charge in [-0.25, -0.2) is 0 Å². The van der Waals surface area contributed by atoms with E-state index in [0.717, 1.165) is 6.42 Å². The third-order valence-corrected chi connectivity index (χ3v) is 6.64. The van der Waals surface area contributed by atoms with Gasteiger partial charge in [-0.2, -0.15) is 0 Å². The second-order valence-electron chi connectivity index (χ2n) is 9.40. The Bertz CT molecular complexity index is 1530. The van der Waals surface area contributed by atoms with Crippen LogP contribution < -0.4 is 19.8 Å². The summed E-state index contributed by atoms with van der Waals surface area (Å²) in [4.78, 5) is 29.1. The van der Waals surface area contributed by atoms with Crippen LogP contribution in [0.25, 0.3) is 11.0 Å². The molecule has 1 unspecified atom stereocenters. The molecule has 1 aliphatic rings. The summed E-state index contributed by atoms with van der Waals surface area (Å²) in [7, 11) is 0. The number of carbonyl (C=O) groups is 1. The van der Waals surface area contributed by atoms with Gasteiger partial charge < -0.3 is 13.9 Å². The van der Waals surface area contributed by atoms with E-state index >= 15 is 0 Å². The van der Waals surface area contributed by atoms with E-state index < -0.39 is 11.9 Å². The van der Waals surface area contributed by atoms with Gasteiger partial charge in [-0.1, -0.05) is 49.7 Å². The van der Waals surface area contributed by atoms with Crippen molar-refractivity contribution < 1.29 is 18.7 Å². The van der Waals surface area contributed by atoms with Crippen molar-refractivity contribution in [1.82, 2.24) is 0 Å². The van der Waals surface area contributed by atoms with Crippen LogP contribution in [0.15, 0.2) is 75.9 Å². The van der Waals surface area contributed by atoms with Crippen molar-refractivity contribution in [3.63, 3.8) is 0 Å². The van der Waals surface area contributed by atoms with E-state index in [4.69, 9.17) is 25.5 Å². The van der Waals surface area contributed by atoms with Gasteiger partial charge in [-0.3, -0.25) is 14.5 Å². The first-order chi connectivity index (χ1) is 17.9. The highest BCUT2D eigenvalue weighted by molar-refractivity contribution is 6.31. The third kappa shape index (κ3) is 4.69. The number of hydrogen-bond donors (Lipinski definition) is 0. The van der Waals surface area contributed by atoms with Crippen LogP contribution in [0.1, 0.15) is 54.9 Å². The zero-order valence-corrected chi connectivity index (χ0v) is 21.7. The lowest BCUT2D eigenvalue weighted by Crippen LogP contribution is -2.29. The summed E-state index contributed by atoms with van der Waals surface area (Å²) in [6.45, 7) is 7.19. The molecule has 7 heteroatoms. The minimum absolute atomic E-state index is 0.0314. The lowest BCUT2D eigenvalue weighted by molar-refractivity contribution is 0.0971. The Labute approximate surface area is 220 Å². The van der Waals surface area contributed by atoms with E-state index in [9.17, 15) is 9.59 Å². The third-order valence-electron chi connectivity index (χ3n) is 6.40. The van der Waals surface area contributed by atoms with Crippen molar-refractivity contribution in [2.45, 2.75) is 33.2 Å². The molecule has 0 spiro atoms. The number of amides is 1. The summed E-state index contributed by atoms with van der Waals surface area (Å²) in [5.41, 5.74) is 1.69. The van der Waals surface area contributed by atoms with Crippen LogP contribution in [-0.4, -0.2) is 19.1 Å². The molecule has 1 aromatic heterocycles. The van der Waals surface area contributed by atoms with Gasteiger partial charge in [-0.05, 0) is 67.3 Å². The van der Waals surface area contributed by atoms with Crippen molar-refractivity contribution in [1.29, 1.82) is 0 Å². The predicted octanol–water partition coefficient (Wildman–Crippen LogP) is 7.02. The van der Waals surface area contributed by atoms with Crippen LogP contribution in [0, 0.1) is 5.92 Å². The molecule has 3 aromatic carbocycles. The van der Waals surface area contributed by atoms with Crippen molar-refractivity contribution in [3.8, 4) is 11.5 Å². The summed E-state index contributed by atoms with van der Waals surface area (Å²) in [6.07, 6.45) is 0.911. The van der Waals surface area contributed by atoms with Gasteiger partial charge >= 0.3 is 0 Å². The van der Waals surface area contributed by atoms with Crippen molar-refractivity contribution in [3.05, 3.63) is 98.9 Å². The van der Waals surface area contributed by atoms with Gasteiger partial charge in [0, 0.05) is 10.7 Å². The Morgan fingerprint density at radius 2 is 1.78 bits per heavy atom. The Morgan fingerprint density at radius 3 is 2.54 bits per heavy atom. The summed E-state index contributed by atoms with van der Waals surface area (Å²) in [5, 5.41) is 0.902. The second kappa shape index (κ2) is 10.3. The molecule has 4 aromatic rings. The predicted molar refractivity (Wildman–Crippen MR) is 145 cm³/mol. The molecule has 6 nitrogen and oxygen atoms in total. The SMILES string of the molecule is CCOc1cc(C2c3c(oc4ccccc4c3=O)C(=O)N2c2cccc(Cl)c2)ccc1OCCC(C)C. The maximum atomic E-state index is 13.8. The van der Waals surface area contributed by atoms with Gasteiger partial charge in [0.05, 0.1) is 30.2 Å². The Morgan fingerprint density at radius 1 is 0.973 bits per heavy atom. The van der Waals surface area contributed by atoms with Crippen molar-refractivity contribution in [2.75, 3.05) is 18.1 Å². The van der Waals surface area contributed by atoms with Gasteiger partial charge in [0.25, 0.3) is 5.91 Å². The highest BCUT2D eigenvalue weighted by Gasteiger charge is 2.44. The highest BCUT2D eigenvalue weighted by atomic mass is 35.5. The number of halogens is 1. The Hall–Kier alpha value is -3.77. The monoisotopic (exact) mass is 517 g/mol. The Kier molecular flexibility index (Phi) is 6.94. The Balaban J connectivity index is 1.68. The minimum atomic E-state index is -0.731. The largest absolute Gasteiger partial charge is 0.490 e. The van der Waals surface area contributed by atoms with Crippen LogP contribution >= 0.6 is 11.6 Å². The molecule has 0 N–H and O–H groups in total. The molecule has 0 radical (unpaired) electrons. The van der Waals surface area contributed by atoms with E-state index in [-0.39, 0.29) is 11.2 Å². The number of benzene rings is 3. The summed E-state index contributed by atoms with van der Waals surface area (Å²) in [5.74, 6) is 1.32. The summed E-state index contributed by atoms with van der Waals surface area (Å²) in [6, 6.07) is 18.8. The molecule has 0 bridgehead atoms. The number of hydrogen-bond acceptors (Lipinski definition) is 5. The topological polar surface area (TPSA) is 69.0 Å². The van der Waals surface area contributed by atoms with Crippen LogP contribution in [0.3, 0.4) is 0 Å². The molecule has 1 aliphatic heterocycles. The van der Waals surface area contributed by atoms with Gasteiger partial charge in [0.2, 0.25) is 5.76 Å². The lowest BCUT2D eigenvalue weighted by Gasteiger charge is -2.26. The fourth-order valence-corrected chi connectivity index (χ4v) is 4.80. The maximum Gasteiger partial charge on any atom is 0.295 e. The van der Waals surface area contributed by atoms with Crippen LogP contribution in [0.4, 0.5) is 5.69 Å². The van der Waals surface area contributed by atoms with Crippen LogP contribution in [0.5, 0.6) is 11.5 Å². The van der Waals surface area contributed by atoms with Crippen LogP contribution in [-0.2, 0) is 0 Å². The molecule has 1 atom stereocenters.